The first kappa shape index (κ1) is 13.2. The van der Waals surface area contributed by atoms with Crippen LogP contribution in [0.1, 0.15) is 11.1 Å². The van der Waals surface area contributed by atoms with Crippen LogP contribution >= 0.6 is 0 Å². The molecule has 0 saturated heterocycles. The Morgan fingerprint density at radius 2 is 1.75 bits per heavy atom. The second kappa shape index (κ2) is 5.99. The number of nitrogens with zero attached hydrogens (tertiary/aromatic N) is 1. The van der Waals surface area contributed by atoms with Gasteiger partial charge in [-0.3, -0.25) is 0 Å². The van der Waals surface area contributed by atoms with Crippen LogP contribution in [-0.4, -0.2) is 48.0 Å². The van der Waals surface area contributed by atoms with Crippen LogP contribution in [0.5, 0.6) is 0 Å². The zero-order valence-electron chi connectivity index (χ0n) is 10.2. The highest BCUT2D eigenvalue weighted by Crippen LogP contribution is 2.12. The molecule has 1 rings (SSSR count). The maximum Gasteiger partial charge on any atom is 0.104 e. The van der Waals surface area contributed by atoms with E-state index in [0.29, 0.717) is 17.6 Å². The number of hydrogen-bond acceptors (Lipinski definition) is 2. The maximum atomic E-state index is 9.06. The van der Waals surface area contributed by atoms with Gasteiger partial charge in [0.1, 0.15) is 19.6 Å². The van der Waals surface area contributed by atoms with Gasteiger partial charge in [-0.15, -0.1) is 0 Å². The smallest absolute Gasteiger partial charge is 0.104 e. The lowest BCUT2D eigenvalue weighted by Crippen LogP contribution is -2.47. The van der Waals surface area contributed by atoms with Crippen molar-refractivity contribution in [1.29, 1.82) is 0 Å². The first-order chi connectivity index (χ1) is 7.59. The van der Waals surface area contributed by atoms with Gasteiger partial charge >= 0.3 is 0 Å². The molecular formula is C13H22NO2+. The summed E-state index contributed by atoms with van der Waals surface area (Å²) in [5.41, 5.74) is 2.50. The maximum absolute atomic E-state index is 9.06. The Morgan fingerprint density at radius 3 is 2.25 bits per heavy atom. The van der Waals surface area contributed by atoms with E-state index in [-0.39, 0.29) is 13.2 Å². The molecule has 3 nitrogen and oxygen atoms in total. The fourth-order valence-corrected chi connectivity index (χ4v) is 2.00. The predicted molar refractivity (Wildman–Crippen MR) is 65.0 cm³/mol. The number of hydrogen-bond donors (Lipinski definition) is 2. The second-order valence-electron chi connectivity index (χ2n) is 4.66. The van der Waals surface area contributed by atoms with Crippen molar-refractivity contribution in [2.75, 3.05) is 33.4 Å². The largest absolute Gasteiger partial charge is 0.391 e. The highest BCUT2D eigenvalue weighted by atomic mass is 16.3. The van der Waals surface area contributed by atoms with Gasteiger partial charge in [-0.1, -0.05) is 29.8 Å². The van der Waals surface area contributed by atoms with Gasteiger partial charge in [-0.05, 0) is 6.92 Å². The summed E-state index contributed by atoms with van der Waals surface area (Å²) in [7, 11) is 2.06. The van der Waals surface area contributed by atoms with Gasteiger partial charge in [0, 0.05) is 5.56 Å². The molecule has 0 aromatic heterocycles. The molecule has 0 fully saturated rings. The molecule has 0 atom stereocenters. The zero-order chi connectivity index (χ0) is 12.0. The van der Waals surface area contributed by atoms with Crippen LogP contribution in [0.4, 0.5) is 0 Å². The van der Waals surface area contributed by atoms with Crippen molar-refractivity contribution in [2.45, 2.75) is 13.5 Å². The van der Waals surface area contributed by atoms with Crippen LogP contribution in [-0.2, 0) is 6.54 Å². The number of aryl methyl sites for hydroxylation is 1. The van der Waals surface area contributed by atoms with Crippen molar-refractivity contribution in [2.24, 2.45) is 0 Å². The van der Waals surface area contributed by atoms with Gasteiger partial charge in [0.2, 0.25) is 0 Å². The molecule has 0 aliphatic carbocycles. The van der Waals surface area contributed by atoms with Crippen molar-refractivity contribution in [3.05, 3.63) is 35.4 Å². The van der Waals surface area contributed by atoms with E-state index in [1.165, 1.54) is 11.1 Å². The fraction of sp³-hybridized carbons (Fsp3) is 0.538. The Balaban J connectivity index is 2.74. The molecule has 0 amide bonds. The van der Waals surface area contributed by atoms with Crippen LogP contribution in [0.2, 0.25) is 0 Å². The van der Waals surface area contributed by atoms with Crippen molar-refractivity contribution >= 4 is 0 Å². The Bertz CT molecular complexity index is 319. The molecule has 0 aliphatic rings. The average Bonchev–Trinajstić information content (AvgIpc) is 2.17. The van der Waals surface area contributed by atoms with Gasteiger partial charge in [-0.25, -0.2) is 0 Å². The zero-order valence-corrected chi connectivity index (χ0v) is 10.2. The van der Waals surface area contributed by atoms with Crippen LogP contribution in [0.25, 0.3) is 0 Å². The van der Waals surface area contributed by atoms with Crippen LogP contribution < -0.4 is 0 Å². The lowest BCUT2D eigenvalue weighted by atomic mass is 10.1. The molecule has 1 aromatic rings. The van der Waals surface area contributed by atoms with Gasteiger partial charge in [0.15, 0.2) is 0 Å². The van der Waals surface area contributed by atoms with E-state index in [9.17, 15) is 0 Å². The molecule has 3 heteroatoms. The van der Waals surface area contributed by atoms with Gasteiger partial charge in [0.05, 0.1) is 20.3 Å². The molecule has 0 bridgehead atoms. The molecule has 0 heterocycles. The molecule has 0 unspecified atom stereocenters. The van der Waals surface area contributed by atoms with Crippen LogP contribution in [0.3, 0.4) is 0 Å². The highest BCUT2D eigenvalue weighted by molar-refractivity contribution is 5.21. The van der Waals surface area contributed by atoms with E-state index in [1.807, 2.05) is 6.07 Å². The minimum Gasteiger partial charge on any atom is -0.391 e. The summed E-state index contributed by atoms with van der Waals surface area (Å²) in [5, 5.41) is 18.1. The summed E-state index contributed by atoms with van der Waals surface area (Å²) in [6.45, 7) is 4.59. The first-order valence-corrected chi connectivity index (χ1v) is 5.70. The van der Waals surface area contributed by atoms with Crippen LogP contribution in [0.15, 0.2) is 24.3 Å². The number of benzene rings is 1. The summed E-state index contributed by atoms with van der Waals surface area (Å²) in [4.78, 5) is 0. The molecule has 16 heavy (non-hydrogen) atoms. The van der Waals surface area contributed by atoms with E-state index < -0.39 is 0 Å². The Kier molecular flexibility index (Phi) is 4.93. The highest BCUT2D eigenvalue weighted by Gasteiger charge is 2.20. The minimum atomic E-state index is 0.155. The lowest BCUT2D eigenvalue weighted by Gasteiger charge is -2.33. The van der Waals surface area contributed by atoms with E-state index >= 15 is 0 Å². The molecule has 0 spiro atoms. The van der Waals surface area contributed by atoms with Crippen molar-refractivity contribution < 1.29 is 14.7 Å². The molecule has 2 N–H and O–H groups in total. The summed E-state index contributed by atoms with van der Waals surface area (Å²) >= 11 is 0. The van der Waals surface area contributed by atoms with Gasteiger partial charge < -0.3 is 14.7 Å². The third kappa shape index (κ3) is 3.93. The normalized spacial score (nSPS) is 11.8. The van der Waals surface area contributed by atoms with E-state index in [4.69, 9.17) is 10.2 Å². The standard InChI is InChI=1S/C13H22NO2/c1-12-4-3-5-13(10-12)11-14(2,6-8-15)7-9-16/h3-5,10,15-16H,6-9,11H2,1-2H3/q+1. The Morgan fingerprint density at radius 1 is 1.12 bits per heavy atom. The summed E-state index contributed by atoms with van der Waals surface area (Å²) in [6, 6.07) is 8.38. The van der Waals surface area contributed by atoms with Crippen molar-refractivity contribution in [1.82, 2.24) is 0 Å². The average molecular weight is 224 g/mol. The summed E-state index contributed by atoms with van der Waals surface area (Å²) in [6.07, 6.45) is 0. The monoisotopic (exact) mass is 224 g/mol. The Hall–Kier alpha value is -0.900. The SMILES string of the molecule is Cc1cccc(C[N+](C)(CCO)CCO)c1. The predicted octanol–water partition coefficient (Wildman–Crippen LogP) is 0.926. The van der Waals surface area contributed by atoms with Gasteiger partial charge in [0.25, 0.3) is 0 Å². The van der Waals surface area contributed by atoms with E-state index in [1.54, 1.807) is 0 Å². The molecule has 0 radical (unpaired) electrons. The number of quaternary nitrogens is 1. The molecule has 0 aliphatic heterocycles. The quantitative estimate of drug-likeness (QED) is 0.706. The van der Waals surface area contributed by atoms with E-state index in [0.717, 1.165) is 6.54 Å². The molecule has 90 valence electrons. The second-order valence-corrected chi connectivity index (χ2v) is 4.66. The van der Waals surface area contributed by atoms with Crippen molar-refractivity contribution in [3.8, 4) is 0 Å². The molecule has 1 aromatic carbocycles. The molecule has 0 saturated carbocycles. The first-order valence-electron chi connectivity index (χ1n) is 5.70. The number of aliphatic hydroxyl groups excluding tert-OH is 2. The Labute approximate surface area is 97.5 Å². The lowest BCUT2D eigenvalue weighted by molar-refractivity contribution is -0.923. The topological polar surface area (TPSA) is 40.5 Å². The third-order valence-electron chi connectivity index (χ3n) is 2.93. The van der Waals surface area contributed by atoms with E-state index in [2.05, 4.69) is 32.2 Å². The van der Waals surface area contributed by atoms with Crippen molar-refractivity contribution in [3.63, 3.8) is 0 Å². The minimum absolute atomic E-state index is 0.155. The van der Waals surface area contributed by atoms with Crippen LogP contribution in [0, 0.1) is 6.92 Å². The number of aliphatic hydroxyl groups is 2. The number of likely N-dealkylation sites (N-methyl/N-ethyl adjacent to an activating group) is 1. The van der Waals surface area contributed by atoms with Gasteiger partial charge in [-0.2, -0.15) is 0 Å². The fourth-order valence-electron chi connectivity index (χ4n) is 2.00. The third-order valence-corrected chi connectivity index (χ3v) is 2.93. The summed E-state index contributed by atoms with van der Waals surface area (Å²) < 4.78 is 0.677. The molecular weight excluding hydrogens is 202 g/mol. The number of rotatable bonds is 6. The summed E-state index contributed by atoms with van der Waals surface area (Å²) in [5.74, 6) is 0.